The molecule has 1 aromatic carbocycles. The van der Waals surface area contributed by atoms with Gasteiger partial charge in [0.2, 0.25) is 0 Å². The summed E-state index contributed by atoms with van der Waals surface area (Å²) in [6, 6.07) is 3.60. The number of benzene rings is 1. The summed E-state index contributed by atoms with van der Waals surface area (Å²) in [6.45, 7) is 4.92. The third-order valence-corrected chi connectivity index (χ3v) is 9.24. The van der Waals surface area contributed by atoms with Crippen molar-refractivity contribution in [1.82, 2.24) is 14.7 Å². The van der Waals surface area contributed by atoms with Crippen LogP contribution in [0, 0.1) is 25.6 Å². The summed E-state index contributed by atoms with van der Waals surface area (Å²) < 4.78 is 30.4. The molecule has 196 valence electrons. The van der Waals surface area contributed by atoms with E-state index >= 15 is 0 Å². The van der Waals surface area contributed by atoms with Crippen LogP contribution in [0.4, 0.5) is 8.78 Å². The third-order valence-electron chi connectivity index (χ3n) is 9.24. The van der Waals surface area contributed by atoms with Crippen LogP contribution < -0.4 is 0 Å². The smallest absolute Gasteiger partial charge is 0.274 e. The van der Waals surface area contributed by atoms with Gasteiger partial charge in [-0.15, -0.1) is 0 Å². The maximum absolute atomic E-state index is 14.4. The normalized spacial score (nSPS) is 23.6. The molecular weight excluding hydrogens is 460 g/mol. The van der Waals surface area contributed by atoms with Crippen LogP contribution in [0.25, 0.3) is 0 Å². The molecule has 0 atom stereocenters. The molecule has 0 radical (unpaired) electrons. The zero-order valence-corrected chi connectivity index (χ0v) is 21.7. The van der Waals surface area contributed by atoms with E-state index < -0.39 is 12.3 Å². The number of piperidine rings is 1. The summed E-state index contributed by atoms with van der Waals surface area (Å²) in [6.07, 6.45) is 8.91. The summed E-state index contributed by atoms with van der Waals surface area (Å²) in [7, 11) is 0. The first kappa shape index (κ1) is 25.4. The number of nitrogens with zero attached hydrogens (tertiary/aromatic N) is 3. The van der Waals surface area contributed by atoms with Crippen molar-refractivity contribution in [3.63, 3.8) is 0 Å². The zero-order chi connectivity index (χ0) is 25.4. The number of hydrogen-bond donors (Lipinski definition) is 1. The number of aliphatic hydroxyl groups is 1. The molecule has 1 aromatic heterocycles. The van der Waals surface area contributed by atoms with Gasteiger partial charge in [-0.05, 0) is 99.8 Å². The van der Waals surface area contributed by atoms with E-state index in [1.54, 1.807) is 11.0 Å². The molecule has 36 heavy (non-hydrogen) atoms. The second-order valence-electron chi connectivity index (χ2n) is 11.3. The molecular formula is C29H39F2N3O2. The summed E-state index contributed by atoms with van der Waals surface area (Å²) in [4.78, 5) is 15.0. The summed E-state index contributed by atoms with van der Waals surface area (Å²) in [5.74, 6) is 0.951. The van der Waals surface area contributed by atoms with Crippen molar-refractivity contribution in [2.75, 3.05) is 19.7 Å². The van der Waals surface area contributed by atoms with Gasteiger partial charge in [-0.25, -0.2) is 8.78 Å². The molecule has 5 rings (SSSR count). The van der Waals surface area contributed by atoms with Crippen molar-refractivity contribution < 1.29 is 18.7 Å². The van der Waals surface area contributed by atoms with Crippen LogP contribution >= 0.6 is 0 Å². The number of carbonyl (C=O) groups is 1. The van der Waals surface area contributed by atoms with Crippen molar-refractivity contribution in [3.05, 3.63) is 51.6 Å². The van der Waals surface area contributed by atoms with Gasteiger partial charge in [0, 0.05) is 43.7 Å². The van der Waals surface area contributed by atoms with Crippen molar-refractivity contribution in [2.45, 2.75) is 96.2 Å². The SMILES string of the molecule is Cc1c(F)ccc(C2CCC(CCn3nc(C(=O)N4CCC(F)(CO)CC4)c4c3CCC4)CC2)c1C. The Kier molecular flexibility index (Phi) is 7.21. The zero-order valence-electron chi connectivity index (χ0n) is 21.7. The Labute approximate surface area is 212 Å². The number of aliphatic hydroxyl groups excluding tert-OH is 1. The Morgan fingerprint density at radius 2 is 1.83 bits per heavy atom. The molecule has 2 fully saturated rings. The van der Waals surface area contributed by atoms with Crippen LogP contribution in [-0.2, 0) is 19.4 Å². The Morgan fingerprint density at radius 3 is 2.53 bits per heavy atom. The highest BCUT2D eigenvalue weighted by molar-refractivity contribution is 5.94. The van der Waals surface area contributed by atoms with Crippen molar-refractivity contribution in [1.29, 1.82) is 0 Å². The number of rotatable bonds is 6. The van der Waals surface area contributed by atoms with E-state index in [1.807, 2.05) is 19.9 Å². The number of halogens is 2. The monoisotopic (exact) mass is 499 g/mol. The lowest BCUT2D eigenvalue weighted by Crippen LogP contribution is -2.46. The maximum Gasteiger partial charge on any atom is 0.274 e. The summed E-state index contributed by atoms with van der Waals surface area (Å²) >= 11 is 0. The van der Waals surface area contributed by atoms with E-state index in [0.29, 0.717) is 30.6 Å². The fraction of sp³-hybridized carbons (Fsp3) is 0.655. The summed E-state index contributed by atoms with van der Waals surface area (Å²) in [5, 5.41) is 14.1. The van der Waals surface area contributed by atoms with Crippen molar-refractivity contribution in [2.24, 2.45) is 5.92 Å². The second kappa shape index (κ2) is 10.2. The molecule has 0 bridgehead atoms. The molecule has 5 nitrogen and oxygen atoms in total. The van der Waals surface area contributed by atoms with Crippen LogP contribution in [0.3, 0.4) is 0 Å². The second-order valence-corrected chi connectivity index (χ2v) is 11.3. The lowest BCUT2D eigenvalue weighted by molar-refractivity contribution is 0.00966. The number of fused-ring (bicyclic) bond motifs is 1. The molecule has 0 unspecified atom stereocenters. The first-order chi connectivity index (χ1) is 17.3. The van der Waals surface area contributed by atoms with Gasteiger partial charge in [-0.3, -0.25) is 9.48 Å². The maximum atomic E-state index is 14.4. The molecule has 2 aliphatic carbocycles. The quantitative estimate of drug-likeness (QED) is 0.577. The largest absolute Gasteiger partial charge is 0.393 e. The first-order valence-electron chi connectivity index (χ1n) is 13.7. The minimum absolute atomic E-state index is 0.0858. The van der Waals surface area contributed by atoms with Crippen LogP contribution in [0.5, 0.6) is 0 Å². The van der Waals surface area contributed by atoms with Crippen molar-refractivity contribution in [3.8, 4) is 0 Å². The molecule has 7 heteroatoms. The molecule has 1 N–H and O–H groups in total. The number of alkyl halides is 1. The first-order valence-corrected chi connectivity index (χ1v) is 13.7. The molecule has 2 aromatic rings. The minimum Gasteiger partial charge on any atom is -0.393 e. The summed E-state index contributed by atoms with van der Waals surface area (Å²) in [5.41, 5.74) is 4.47. The highest BCUT2D eigenvalue weighted by Gasteiger charge is 2.37. The average Bonchev–Trinajstić information content (AvgIpc) is 3.50. The van der Waals surface area contributed by atoms with Gasteiger partial charge in [0.15, 0.2) is 5.69 Å². The lowest BCUT2D eigenvalue weighted by atomic mass is 9.76. The van der Waals surface area contributed by atoms with Gasteiger partial charge < -0.3 is 10.0 Å². The molecule has 1 saturated carbocycles. The number of likely N-dealkylation sites (tertiary alicyclic amines) is 1. The van der Waals surface area contributed by atoms with E-state index in [9.17, 15) is 18.7 Å². The van der Waals surface area contributed by atoms with Gasteiger partial charge >= 0.3 is 0 Å². The van der Waals surface area contributed by atoms with Crippen LogP contribution in [0.15, 0.2) is 12.1 Å². The number of amides is 1. The third kappa shape index (κ3) is 4.83. The van der Waals surface area contributed by atoms with Crippen LogP contribution in [0.1, 0.15) is 95.7 Å². The number of hydrogen-bond acceptors (Lipinski definition) is 3. The molecule has 1 amide bonds. The predicted octanol–water partition coefficient (Wildman–Crippen LogP) is 5.43. The van der Waals surface area contributed by atoms with E-state index in [4.69, 9.17) is 5.10 Å². The molecule has 1 saturated heterocycles. The number of aryl methyl sites for hydroxylation is 1. The molecule has 1 aliphatic heterocycles. The van der Waals surface area contributed by atoms with E-state index in [2.05, 4.69) is 4.68 Å². The van der Waals surface area contributed by atoms with E-state index in [0.717, 1.165) is 61.8 Å². The Hall–Kier alpha value is -2.28. The topological polar surface area (TPSA) is 58.4 Å². The van der Waals surface area contributed by atoms with Crippen LogP contribution in [0.2, 0.25) is 0 Å². The lowest BCUT2D eigenvalue weighted by Gasteiger charge is -2.35. The van der Waals surface area contributed by atoms with Gasteiger partial charge in [0.05, 0.1) is 6.61 Å². The van der Waals surface area contributed by atoms with Crippen LogP contribution in [-0.4, -0.2) is 51.1 Å². The minimum atomic E-state index is -1.56. The van der Waals surface area contributed by atoms with Gasteiger partial charge in [0.25, 0.3) is 5.91 Å². The molecule has 3 aliphatic rings. The average molecular weight is 500 g/mol. The predicted molar refractivity (Wildman–Crippen MR) is 136 cm³/mol. The number of aromatic nitrogens is 2. The van der Waals surface area contributed by atoms with E-state index in [-0.39, 0.29) is 24.6 Å². The molecule has 2 heterocycles. The van der Waals surface area contributed by atoms with Crippen molar-refractivity contribution >= 4 is 5.91 Å². The highest BCUT2D eigenvalue weighted by atomic mass is 19.1. The standard InChI is InChI=1S/C29H39F2N3O2/c1-19-20(2)25(30)11-10-23(19)22-8-6-21(7-9-22)12-15-34-26-5-3-4-24(26)27(32-34)28(36)33-16-13-29(31,18-35)14-17-33/h10-11,21-22,35H,3-9,12-18H2,1-2H3. The fourth-order valence-electron chi connectivity index (χ4n) is 6.60. The Bertz CT molecular complexity index is 1110. The van der Waals surface area contributed by atoms with Gasteiger partial charge in [0.1, 0.15) is 11.5 Å². The number of carbonyl (C=O) groups excluding carboxylic acids is 1. The highest BCUT2D eigenvalue weighted by Crippen LogP contribution is 2.39. The Balaban J connectivity index is 1.19. The van der Waals surface area contributed by atoms with Gasteiger partial charge in [-0.1, -0.05) is 6.07 Å². The van der Waals surface area contributed by atoms with E-state index in [1.165, 1.54) is 24.1 Å². The fourth-order valence-corrected chi connectivity index (χ4v) is 6.60. The molecule has 0 spiro atoms. The van der Waals surface area contributed by atoms with Gasteiger partial charge in [-0.2, -0.15) is 5.10 Å². The Morgan fingerprint density at radius 1 is 1.11 bits per heavy atom.